The van der Waals surface area contributed by atoms with E-state index in [0.717, 1.165) is 31.2 Å². The lowest BCUT2D eigenvalue weighted by molar-refractivity contribution is -0.133. The van der Waals surface area contributed by atoms with Crippen LogP contribution < -0.4 is 16.4 Å². The predicted octanol–water partition coefficient (Wildman–Crippen LogP) is 1.75. The van der Waals surface area contributed by atoms with Crippen LogP contribution in [0, 0.1) is 6.92 Å². The lowest BCUT2D eigenvalue weighted by Crippen LogP contribution is -2.65. The molecule has 1 heterocycles. The van der Waals surface area contributed by atoms with E-state index in [1.54, 1.807) is 18.2 Å². The molecule has 0 aromatic heterocycles. The van der Waals surface area contributed by atoms with Crippen molar-refractivity contribution in [3.63, 3.8) is 0 Å². The molecule has 1 atom stereocenters. The summed E-state index contributed by atoms with van der Waals surface area (Å²) in [7, 11) is 0. The second-order valence-electron chi connectivity index (χ2n) is 8.38. The lowest BCUT2D eigenvalue weighted by Gasteiger charge is -2.43. The molecule has 1 aromatic rings. The van der Waals surface area contributed by atoms with Crippen molar-refractivity contribution in [2.75, 3.05) is 19.6 Å². The minimum absolute atomic E-state index is 0.00337. The van der Waals surface area contributed by atoms with E-state index >= 15 is 0 Å². The third-order valence-electron chi connectivity index (χ3n) is 5.96. The second kappa shape index (κ2) is 10.4. The smallest absolute Gasteiger partial charge is 0.319 e. The first-order chi connectivity index (χ1) is 14.9. The van der Waals surface area contributed by atoms with Crippen LogP contribution in [0.2, 0.25) is 0 Å². The van der Waals surface area contributed by atoms with Crippen LogP contribution in [-0.4, -0.2) is 65.5 Å². The third kappa shape index (κ3) is 5.64. The van der Waals surface area contributed by atoms with Gasteiger partial charge < -0.3 is 21.3 Å². The maximum absolute atomic E-state index is 13.4. The molecule has 0 radical (unpaired) electrons. The number of aryl methyl sites for hydroxylation is 1. The summed E-state index contributed by atoms with van der Waals surface area (Å²) in [6, 6.07) is 7.04. The third-order valence-corrected chi connectivity index (χ3v) is 5.96. The molecule has 1 unspecified atom stereocenters. The molecule has 1 saturated carbocycles. The van der Waals surface area contributed by atoms with Crippen LogP contribution in [0.4, 0.5) is 4.79 Å². The van der Waals surface area contributed by atoms with E-state index in [0.29, 0.717) is 25.1 Å². The van der Waals surface area contributed by atoms with Crippen molar-refractivity contribution in [3.05, 3.63) is 48.0 Å². The van der Waals surface area contributed by atoms with E-state index in [9.17, 15) is 14.4 Å². The number of amides is 4. The van der Waals surface area contributed by atoms with Crippen molar-refractivity contribution < 1.29 is 14.4 Å². The van der Waals surface area contributed by atoms with Gasteiger partial charge in [0.2, 0.25) is 0 Å². The van der Waals surface area contributed by atoms with Gasteiger partial charge in [-0.2, -0.15) is 0 Å². The number of nitrogens with zero attached hydrogens (tertiary/aromatic N) is 2. The van der Waals surface area contributed by atoms with E-state index in [4.69, 9.17) is 5.73 Å². The molecule has 1 aromatic carbocycles. The maximum Gasteiger partial charge on any atom is 0.319 e. The van der Waals surface area contributed by atoms with Crippen LogP contribution in [-0.2, 0) is 4.79 Å². The fraction of sp³-hybridized carbons (Fsp3) is 0.522. The molecule has 0 bridgehead atoms. The fourth-order valence-electron chi connectivity index (χ4n) is 4.19. The number of nitrogens with one attached hydrogen (secondary N) is 2. The number of carbonyl (C=O) groups is 3. The van der Waals surface area contributed by atoms with Crippen LogP contribution in [0.5, 0.6) is 0 Å². The van der Waals surface area contributed by atoms with Gasteiger partial charge in [-0.3, -0.25) is 14.5 Å². The minimum atomic E-state index is -0.997. The number of nitrogens with two attached hydrogens (primary N) is 1. The lowest BCUT2D eigenvalue weighted by atomic mass is 9.91. The zero-order valence-electron chi connectivity index (χ0n) is 18.2. The molecule has 0 spiro atoms. The van der Waals surface area contributed by atoms with Crippen molar-refractivity contribution in [1.29, 1.82) is 0 Å². The van der Waals surface area contributed by atoms with Crippen LogP contribution in [0.25, 0.3) is 0 Å². The van der Waals surface area contributed by atoms with Crippen molar-refractivity contribution in [1.82, 2.24) is 20.4 Å². The molecular weight excluding hydrogens is 394 g/mol. The van der Waals surface area contributed by atoms with E-state index in [1.807, 2.05) is 19.1 Å². The minimum Gasteiger partial charge on any atom is -0.350 e. The van der Waals surface area contributed by atoms with Crippen molar-refractivity contribution in [2.45, 2.75) is 57.3 Å². The zero-order valence-corrected chi connectivity index (χ0v) is 18.2. The molecular formula is C23H33N5O3. The standard InChI is InChI=1S/C23H33N5O3/c1-3-13-25-23(31)28-15-4-14-27(22(30)17-7-5-16(2)6-8-17)21(28)20(29)26-19-11-9-18(24)10-12-19/h3,5-8,18-19,21H,1,4,9-15,24H2,2H3,(H,25,31)(H,26,29). The van der Waals surface area contributed by atoms with Gasteiger partial charge in [0.1, 0.15) is 0 Å². The van der Waals surface area contributed by atoms with Gasteiger partial charge in [-0.15, -0.1) is 6.58 Å². The summed E-state index contributed by atoms with van der Waals surface area (Å²) in [5, 5.41) is 5.80. The van der Waals surface area contributed by atoms with Gasteiger partial charge in [-0.05, 0) is 51.2 Å². The fourth-order valence-corrected chi connectivity index (χ4v) is 4.19. The van der Waals surface area contributed by atoms with Gasteiger partial charge in [-0.1, -0.05) is 23.8 Å². The summed E-state index contributed by atoms with van der Waals surface area (Å²) in [6.07, 6.45) is 4.49. The normalized spacial score (nSPS) is 23.7. The number of rotatable bonds is 5. The Morgan fingerprint density at radius 1 is 1.10 bits per heavy atom. The molecule has 1 saturated heterocycles. The number of benzene rings is 1. The highest BCUT2D eigenvalue weighted by atomic mass is 16.2. The molecule has 3 rings (SSSR count). The molecule has 168 valence electrons. The summed E-state index contributed by atoms with van der Waals surface area (Å²) in [5.41, 5.74) is 7.53. The van der Waals surface area contributed by atoms with Gasteiger partial charge in [0.15, 0.2) is 6.17 Å². The Hall–Kier alpha value is -2.87. The predicted molar refractivity (Wildman–Crippen MR) is 119 cm³/mol. The zero-order chi connectivity index (χ0) is 22.4. The first-order valence-corrected chi connectivity index (χ1v) is 11.0. The maximum atomic E-state index is 13.4. The Labute approximate surface area is 183 Å². The molecule has 2 fully saturated rings. The van der Waals surface area contributed by atoms with Gasteiger partial charge in [0.25, 0.3) is 11.8 Å². The Morgan fingerprint density at radius 2 is 1.74 bits per heavy atom. The Kier molecular flexibility index (Phi) is 7.68. The van der Waals surface area contributed by atoms with Gasteiger partial charge in [0.05, 0.1) is 0 Å². The van der Waals surface area contributed by atoms with Crippen LogP contribution >= 0.6 is 0 Å². The summed E-state index contributed by atoms with van der Waals surface area (Å²) >= 11 is 0. The molecule has 1 aliphatic carbocycles. The molecule has 4 N–H and O–H groups in total. The Morgan fingerprint density at radius 3 is 2.39 bits per heavy atom. The number of hydrogen-bond donors (Lipinski definition) is 3. The molecule has 8 nitrogen and oxygen atoms in total. The molecule has 31 heavy (non-hydrogen) atoms. The van der Waals surface area contributed by atoms with E-state index in [2.05, 4.69) is 17.2 Å². The van der Waals surface area contributed by atoms with Crippen LogP contribution in [0.3, 0.4) is 0 Å². The summed E-state index contributed by atoms with van der Waals surface area (Å²) in [5.74, 6) is -0.582. The van der Waals surface area contributed by atoms with Crippen LogP contribution in [0.15, 0.2) is 36.9 Å². The Bertz CT molecular complexity index is 802. The molecule has 8 heteroatoms. The highest BCUT2D eigenvalue weighted by molar-refractivity contribution is 5.98. The van der Waals surface area contributed by atoms with E-state index in [1.165, 1.54) is 9.80 Å². The molecule has 1 aliphatic heterocycles. The molecule has 2 aliphatic rings. The van der Waals surface area contributed by atoms with Gasteiger partial charge in [-0.25, -0.2) is 4.79 Å². The number of urea groups is 1. The summed E-state index contributed by atoms with van der Waals surface area (Å²) in [6.45, 7) is 6.66. The highest BCUT2D eigenvalue weighted by Gasteiger charge is 2.41. The van der Waals surface area contributed by atoms with Gasteiger partial charge >= 0.3 is 6.03 Å². The highest BCUT2D eigenvalue weighted by Crippen LogP contribution is 2.21. The molecule has 4 amide bonds. The quantitative estimate of drug-likeness (QED) is 0.622. The van der Waals surface area contributed by atoms with E-state index < -0.39 is 6.17 Å². The summed E-state index contributed by atoms with van der Waals surface area (Å²) in [4.78, 5) is 42.4. The topological polar surface area (TPSA) is 108 Å². The summed E-state index contributed by atoms with van der Waals surface area (Å²) < 4.78 is 0. The average Bonchev–Trinajstić information content (AvgIpc) is 2.78. The average molecular weight is 428 g/mol. The number of carbonyl (C=O) groups excluding carboxylic acids is 3. The van der Waals surface area contributed by atoms with Crippen molar-refractivity contribution in [2.24, 2.45) is 5.73 Å². The largest absolute Gasteiger partial charge is 0.350 e. The second-order valence-corrected chi connectivity index (χ2v) is 8.38. The van der Waals surface area contributed by atoms with Crippen molar-refractivity contribution in [3.8, 4) is 0 Å². The van der Waals surface area contributed by atoms with Crippen LogP contribution in [0.1, 0.15) is 48.0 Å². The SMILES string of the molecule is C=CCNC(=O)N1CCCN(C(=O)c2ccc(C)cc2)C1C(=O)NC1CCC(N)CC1. The number of hydrogen-bond acceptors (Lipinski definition) is 4. The Balaban J connectivity index is 1.83. The van der Waals surface area contributed by atoms with E-state index in [-0.39, 0.29) is 36.5 Å². The van der Waals surface area contributed by atoms with Crippen molar-refractivity contribution >= 4 is 17.8 Å². The van der Waals surface area contributed by atoms with Gasteiger partial charge in [0, 0.05) is 37.3 Å². The first-order valence-electron chi connectivity index (χ1n) is 11.0. The monoisotopic (exact) mass is 427 g/mol. The first kappa shape index (κ1) is 22.8.